The molecular weight excluding hydrogens is 282 g/mol. The molecule has 0 fully saturated rings. The maximum Gasteiger partial charge on any atom is 0.284 e. The van der Waals surface area contributed by atoms with Gasteiger partial charge in [-0.3, -0.25) is 14.9 Å². The quantitative estimate of drug-likeness (QED) is 0.367. The van der Waals surface area contributed by atoms with Crippen molar-refractivity contribution in [3.05, 3.63) is 27.8 Å². The van der Waals surface area contributed by atoms with Crippen LogP contribution in [0, 0.1) is 10.1 Å². The Bertz CT molecular complexity index is 473. The Labute approximate surface area is 98.4 Å². The van der Waals surface area contributed by atoms with E-state index in [1.54, 1.807) is 0 Å². The molecule has 7 heteroatoms. The zero-order valence-electron chi connectivity index (χ0n) is 7.94. The van der Waals surface area contributed by atoms with Crippen molar-refractivity contribution in [2.24, 2.45) is 0 Å². The van der Waals surface area contributed by atoms with E-state index >= 15 is 0 Å². The third kappa shape index (κ3) is 1.73. The predicted molar refractivity (Wildman–Crippen MR) is 57.3 cm³/mol. The summed E-state index contributed by atoms with van der Waals surface area (Å²) in [7, 11) is 0. The van der Waals surface area contributed by atoms with Gasteiger partial charge in [0.2, 0.25) is 6.79 Å². The van der Waals surface area contributed by atoms with Crippen LogP contribution in [0.4, 0.5) is 5.69 Å². The van der Waals surface area contributed by atoms with Gasteiger partial charge in [-0.1, -0.05) is 15.9 Å². The van der Waals surface area contributed by atoms with Crippen LogP contribution >= 0.6 is 15.9 Å². The molecular formula is C9H6BrNO5. The molecule has 0 N–H and O–H groups in total. The van der Waals surface area contributed by atoms with Gasteiger partial charge in [-0.05, 0) is 0 Å². The zero-order valence-corrected chi connectivity index (χ0v) is 9.52. The number of nitrogens with zero attached hydrogens (tertiary/aromatic N) is 1. The van der Waals surface area contributed by atoms with Gasteiger partial charge in [0.1, 0.15) is 5.56 Å². The van der Waals surface area contributed by atoms with Crippen molar-refractivity contribution < 1.29 is 19.2 Å². The molecule has 1 aliphatic rings. The number of nitro groups is 1. The normalized spacial score (nSPS) is 12.6. The number of halogens is 1. The van der Waals surface area contributed by atoms with E-state index in [-0.39, 0.29) is 34.9 Å². The Kier molecular flexibility index (Phi) is 2.78. The van der Waals surface area contributed by atoms with E-state index in [2.05, 4.69) is 15.9 Å². The summed E-state index contributed by atoms with van der Waals surface area (Å²) in [4.78, 5) is 21.7. The topological polar surface area (TPSA) is 78.7 Å². The lowest BCUT2D eigenvalue weighted by Gasteiger charge is -2.02. The van der Waals surface area contributed by atoms with Crippen molar-refractivity contribution in [3.63, 3.8) is 0 Å². The number of hydrogen-bond donors (Lipinski definition) is 0. The first-order valence-corrected chi connectivity index (χ1v) is 5.43. The second-order valence-corrected chi connectivity index (χ2v) is 3.60. The van der Waals surface area contributed by atoms with Crippen LogP contribution in [-0.4, -0.2) is 22.8 Å². The van der Waals surface area contributed by atoms with E-state index in [0.29, 0.717) is 5.75 Å². The molecule has 2 rings (SSSR count). The summed E-state index contributed by atoms with van der Waals surface area (Å²) in [6.45, 7) is 0.0123. The highest BCUT2D eigenvalue weighted by Gasteiger charge is 2.26. The molecule has 1 heterocycles. The highest BCUT2D eigenvalue weighted by Crippen LogP contribution is 2.38. The number of hydrogen-bond acceptors (Lipinski definition) is 5. The minimum Gasteiger partial charge on any atom is -0.454 e. The largest absolute Gasteiger partial charge is 0.454 e. The average Bonchev–Trinajstić information content (AvgIpc) is 2.73. The maximum atomic E-state index is 11.5. The molecule has 1 aromatic rings. The van der Waals surface area contributed by atoms with E-state index < -0.39 is 4.92 Å². The number of ketones is 1. The highest BCUT2D eigenvalue weighted by atomic mass is 79.9. The van der Waals surface area contributed by atoms with Crippen LogP contribution in [0.15, 0.2) is 12.1 Å². The summed E-state index contributed by atoms with van der Waals surface area (Å²) in [6.07, 6.45) is 0. The van der Waals surface area contributed by atoms with Crippen molar-refractivity contribution in [2.75, 3.05) is 12.1 Å². The molecule has 1 aromatic carbocycles. The number of ether oxygens (including phenoxy) is 2. The van der Waals surface area contributed by atoms with Crippen molar-refractivity contribution in [1.29, 1.82) is 0 Å². The van der Waals surface area contributed by atoms with Crippen molar-refractivity contribution in [3.8, 4) is 11.5 Å². The lowest BCUT2D eigenvalue weighted by Crippen LogP contribution is -2.04. The van der Waals surface area contributed by atoms with Gasteiger partial charge in [0.05, 0.1) is 16.3 Å². The molecule has 0 saturated carbocycles. The Morgan fingerprint density at radius 3 is 2.62 bits per heavy atom. The van der Waals surface area contributed by atoms with Gasteiger partial charge in [0, 0.05) is 6.07 Å². The van der Waals surface area contributed by atoms with Gasteiger partial charge in [-0.2, -0.15) is 0 Å². The molecule has 0 unspecified atom stereocenters. The Morgan fingerprint density at radius 2 is 2.06 bits per heavy atom. The number of nitro benzene ring substituents is 1. The summed E-state index contributed by atoms with van der Waals surface area (Å²) in [6, 6.07) is 2.54. The molecule has 0 radical (unpaired) electrons. The summed E-state index contributed by atoms with van der Waals surface area (Å²) >= 11 is 2.97. The lowest BCUT2D eigenvalue weighted by molar-refractivity contribution is -0.385. The van der Waals surface area contributed by atoms with Gasteiger partial charge in [-0.15, -0.1) is 0 Å². The van der Waals surface area contributed by atoms with E-state index in [9.17, 15) is 14.9 Å². The Hall–Kier alpha value is -1.63. The number of fused-ring (bicyclic) bond motifs is 1. The van der Waals surface area contributed by atoms with Crippen molar-refractivity contribution in [1.82, 2.24) is 0 Å². The molecule has 16 heavy (non-hydrogen) atoms. The third-order valence-electron chi connectivity index (χ3n) is 2.11. The van der Waals surface area contributed by atoms with Crippen LogP contribution in [0.5, 0.6) is 11.5 Å². The molecule has 0 spiro atoms. The second kappa shape index (κ2) is 4.09. The van der Waals surface area contributed by atoms with E-state index in [1.165, 1.54) is 12.1 Å². The Morgan fingerprint density at radius 1 is 1.44 bits per heavy atom. The molecule has 0 atom stereocenters. The summed E-state index contributed by atoms with van der Waals surface area (Å²) in [5.74, 6) is 0.276. The van der Waals surface area contributed by atoms with Crippen LogP contribution in [0.25, 0.3) is 0 Å². The lowest BCUT2D eigenvalue weighted by atomic mass is 10.1. The first-order valence-electron chi connectivity index (χ1n) is 4.30. The van der Waals surface area contributed by atoms with Crippen molar-refractivity contribution in [2.45, 2.75) is 0 Å². The van der Waals surface area contributed by atoms with Crippen LogP contribution < -0.4 is 9.47 Å². The maximum absolute atomic E-state index is 11.5. The monoisotopic (exact) mass is 287 g/mol. The van der Waals surface area contributed by atoms with E-state index in [1.807, 2.05) is 0 Å². The fourth-order valence-electron chi connectivity index (χ4n) is 1.38. The SMILES string of the molecule is O=C(CBr)c1cc2c(cc1[N+](=O)[O-])OCO2. The average molecular weight is 288 g/mol. The molecule has 6 nitrogen and oxygen atoms in total. The number of carbonyl (C=O) groups excluding carboxylic acids is 1. The van der Waals surface area contributed by atoms with Crippen LogP contribution in [0.1, 0.15) is 10.4 Å². The molecule has 1 aliphatic heterocycles. The van der Waals surface area contributed by atoms with Crippen LogP contribution in [-0.2, 0) is 0 Å². The number of carbonyl (C=O) groups is 1. The Balaban J connectivity index is 2.57. The van der Waals surface area contributed by atoms with Gasteiger partial charge in [0.25, 0.3) is 5.69 Å². The van der Waals surface area contributed by atoms with Gasteiger partial charge in [0.15, 0.2) is 17.3 Å². The molecule has 0 aromatic heterocycles. The first kappa shape index (κ1) is 10.9. The van der Waals surface area contributed by atoms with Crippen LogP contribution in [0.2, 0.25) is 0 Å². The van der Waals surface area contributed by atoms with Crippen molar-refractivity contribution >= 4 is 27.4 Å². The van der Waals surface area contributed by atoms with Crippen LogP contribution in [0.3, 0.4) is 0 Å². The molecule has 0 bridgehead atoms. The molecule has 84 valence electrons. The highest BCUT2D eigenvalue weighted by molar-refractivity contribution is 9.09. The minimum atomic E-state index is -0.613. The zero-order chi connectivity index (χ0) is 11.7. The third-order valence-corrected chi connectivity index (χ3v) is 2.62. The molecule has 0 amide bonds. The van der Waals surface area contributed by atoms with E-state index in [4.69, 9.17) is 9.47 Å². The standard InChI is InChI=1S/C9H6BrNO5/c10-3-7(12)5-1-8-9(16-4-15-8)2-6(5)11(13)14/h1-2H,3-4H2. The number of benzene rings is 1. The fourth-order valence-corrected chi connectivity index (χ4v) is 1.68. The first-order chi connectivity index (χ1) is 7.63. The summed E-state index contributed by atoms with van der Waals surface area (Å²) in [5, 5.41) is 10.8. The second-order valence-electron chi connectivity index (χ2n) is 3.04. The minimum absolute atomic E-state index is 0.0123. The molecule has 0 aliphatic carbocycles. The summed E-state index contributed by atoms with van der Waals surface area (Å²) in [5.41, 5.74) is -0.250. The number of Topliss-reactive ketones (excluding diaryl/α,β-unsaturated/α-hetero) is 1. The fraction of sp³-hybridized carbons (Fsp3) is 0.222. The number of alkyl halides is 1. The summed E-state index contributed by atoms with van der Waals surface area (Å²) < 4.78 is 10.1. The van der Waals surface area contributed by atoms with Gasteiger partial charge in [-0.25, -0.2) is 0 Å². The molecule has 0 saturated heterocycles. The smallest absolute Gasteiger partial charge is 0.284 e. The van der Waals surface area contributed by atoms with Gasteiger partial charge < -0.3 is 9.47 Å². The number of rotatable bonds is 3. The van der Waals surface area contributed by atoms with Gasteiger partial charge >= 0.3 is 0 Å². The predicted octanol–water partition coefficient (Wildman–Crippen LogP) is 1.90. The van der Waals surface area contributed by atoms with E-state index in [0.717, 1.165) is 0 Å².